The first-order valence-corrected chi connectivity index (χ1v) is 11.0. The van der Waals surface area contributed by atoms with Gasteiger partial charge < -0.3 is 14.6 Å². The van der Waals surface area contributed by atoms with Gasteiger partial charge in [-0.3, -0.25) is 4.79 Å². The molecule has 150 valence electrons. The molecule has 2 fully saturated rings. The molecule has 2 aliphatic rings. The maximum absolute atomic E-state index is 12.2. The van der Waals surface area contributed by atoms with E-state index in [4.69, 9.17) is 4.42 Å². The third-order valence-corrected chi connectivity index (χ3v) is 6.65. The fourth-order valence-electron chi connectivity index (χ4n) is 3.99. The molecule has 1 saturated carbocycles. The Bertz CT molecular complexity index is 808. The lowest BCUT2D eigenvalue weighted by Gasteiger charge is -2.35. The summed E-state index contributed by atoms with van der Waals surface area (Å²) in [7, 11) is 0. The number of piperidine rings is 1. The molecule has 6 nitrogen and oxygen atoms in total. The molecule has 1 aromatic carbocycles. The Morgan fingerprint density at radius 1 is 1.21 bits per heavy atom. The molecule has 0 radical (unpaired) electrons. The number of aromatic nitrogens is 2. The van der Waals surface area contributed by atoms with Crippen molar-refractivity contribution in [2.45, 2.75) is 56.2 Å². The van der Waals surface area contributed by atoms with Crippen LogP contribution in [0, 0.1) is 13.8 Å². The van der Waals surface area contributed by atoms with Crippen LogP contribution in [0.3, 0.4) is 0 Å². The predicted molar refractivity (Wildman–Crippen MR) is 109 cm³/mol. The Labute approximate surface area is 170 Å². The van der Waals surface area contributed by atoms with Crippen LogP contribution in [0.25, 0.3) is 0 Å². The van der Waals surface area contributed by atoms with E-state index in [2.05, 4.69) is 51.6 Å². The first-order valence-electron chi connectivity index (χ1n) is 10.0. The minimum absolute atomic E-state index is 0.0395. The van der Waals surface area contributed by atoms with Crippen molar-refractivity contribution in [3.8, 4) is 0 Å². The van der Waals surface area contributed by atoms with Crippen LogP contribution in [0.4, 0.5) is 0 Å². The summed E-state index contributed by atoms with van der Waals surface area (Å²) in [5.41, 5.74) is 3.17. The number of benzene rings is 1. The topological polar surface area (TPSA) is 71.3 Å². The fraction of sp³-hybridized carbons (Fsp3) is 0.571. The highest BCUT2D eigenvalue weighted by atomic mass is 32.2. The largest absolute Gasteiger partial charge is 0.416 e. The lowest BCUT2D eigenvalue weighted by atomic mass is 9.93. The Kier molecular flexibility index (Phi) is 5.73. The van der Waals surface area contributed by atoms with E-state index < -0.39 is 0 Å². The molecule has 0 atom stereocenters. The number of nitrogens with one attached hydrogen (secondary N) is 1. The van der Waals surface area contributed by atoms with Gasteiger partial charge in [-0.05, 0) is 38.2 Å². The first-order chi connectivity index (χ1) is 13.5. The fourth-order valence-corrected chi connectivity index (χ4v) is 4.61. The van der Waals surface area contributed by atoms with Gasteiger partial charge in [-0.15, -0.1) is 10.2 Å². The highest BCUT2D eigenvalue weighted by Crippen LogP contribution is 2.49. The van der Waals surface area contributed by atoms with Crippen molar-refractivity contribution < 1.29 is 9.21 Å². The van der Waals surface area contributed by atoms with E-state index >= 15 is 0 Å². The van der Waals surface area contributed by atoms with Gasteiger partial charge in [0.05, 0.1) is 5.75 Å². The number of amides is 1. The standard InChI is InChI=1S/C21H28N4O2S/c1-15-3-5-17(6-4-15)21(9-10-21)14-25-11-7-18(8-12-25)22-19(26)13-28-20-24-23-16(2)27-20/h3-6,18H,7-14H2,1-2H3,(H,22,26). The molecule has 0 unspecified atom stereocenters. The lowest BCUT2D eigenvalue weighted by molar-refractivity contribution is -0.119. The van der Waals surface area contributed by atoms with E-state index in [0.717, 1.165) is 32.5 Å². The smallest absolute Gasteiger partial charge is 0.277 e. The molecule has 0 bridgehead atoms. The summed E-state index contributed by atoms with van der Waals surface area (Å²) in [5.74, 6) is 0.880. The summed E-state index contributed by atoms with van der Waals surface area (Å²) in [5, 5.41) is 11.3. The van der Waals surface area contributed by atoms with Crippen LogP contribution >= 0.6 is 11.8 Å². The Morgan fingerprint density at radius 2 is 1.93 bits per heavy atom. The molecular weight excluding hydrogens is 372 g/mol. The summed E-state index contributed by atoms with van der Waals surface area (Å²) in [6, 6.07) is 9.33. The van der Waals surface area contributed by atoms with Crippen molar-refractivity contribution in [1.82, 2.24) is 20.4 Å². The summed E-state index contributed by atoms with van der Waals surface area (Å²) in [4.78, 5) is 14.8. The van der Waals surface area contributed by atoms with E-state index in [9.17, 15) is 4.79 Å². The molecule has 7 heteroatoms. The van der Waals surface area contributed by atoms with E-state index in [1.165, 1.54) is 35.7 Å². The number of carbonyl (C=O) groups excluding carboxylic acids is 1. The van der Waals surface area contributed by atoms with Crippen molar-refractivity contribution in [3.63, 3.8) is 0 Å². The monoisotopic (exact) mass is 400 g/mol. The number of hydrogen-bond donors (Lipinski definition) is 1. The van der Waals surface area contributed by atoms with Gasteiger partial charge >= 0.3 is 0 Å². The molecule has 1 amide bonds. The zero-order valence-corrected chi connectivity index (χ0v) is 17.4. The van der Waals surface area contributed by atoms with Crippen molar-refractivity contribution in [1.29, 1.82) is 0 Å². The molecule has 1 aliphatic carbocycles. The van der Waals surface area contributed by atoms with E-state index in [-0.39, 0.29) is 11.9 Å². The second-order valence-corrected chi connectivity index (χ2v) is 9.07. The molecule has 1 N–H and O–H groups in total. The van der Waals surface area contributed by atoms with Crippen molar-refractivity contribution in [2.75, 3.05) is 25.4 Å². The first kappa shape index (κ1) is 19.5. The minimum Gasteiger partial charge on any atom is -0.416 e. The van der Waals surface area contributed by atoms with Crippen LogP contribution < -0.4 is 5.32 Å². The number of hydrogen-bond acceptors (Lipinski definition) is 6. The number of thioether (sulfide) groups is 1. The summed E-state index contributed by atoms with van der Waals surface area (Å²) < 4.78 is 5.29. The van der Waals surface area contributed by atoms with Gasteiger partial charge in [0.15, 0.2) is 0 Å². The SMILES string of the molecule is Cc1ccc(C2(CN3CCC(NC(=O)CSc4nnc(C)o4)CC3)CC2)cc1. The van der Waals surface area contributed by atoms with E-state index in [1.54, 1.807) is 6.92 Å². The molecule has 28 heavy (non-hydrogen) atoms. The maximum atomic E-state index is 12.2. The maximum Gasteiger partial charge on any atom is 0.277 e. The molecule has 1 aliphatic heterocycles. The molecule has 0 spiro atoms. The highest BCUT2D eigenvalue weighted by molar-refractivity contribution is 7.99. The van der Waals surface area contributed by atoms with Gasteiger partial charge in [-0.2, -0.15) is 0 Å². The van der Waals surface area contributed by atoms with Gasteiger partial charge in [0.2, 0.25) is 11.8 Å². The van der Waals surface area contributed by atoms with Crippen LogP contribution in [0.2, 0.25) is 0 Å². The van der Waals surface area contributed by atoms with Crippen molar-refractivity contribution in [3.05, 3.63) is 41.3 Å². The minimum atomic E-state index is 0.0395. The summed E-state index contributed by atoms with van der Waals surface area (Å²) in [6.07, 6.45) is 4.61. The molecule has 4 rings (SSSR count). The van der Waals surface area contributed by atoms with Gasteiger partial charge in [-0.1, -0.05) is 41.6 Å². The average molecular weight is 401 g/mol. The lowest BCUT2D eigenvalue weighted by Crippen LogP contribution is -2.46. The van der Waals surface area contributed by atoms with Crippen molar-refractivity contribution in [2.24, 2.45) is 0 Å². The number of rotatable bonds is 7. The van der Waals surface area contributed by atoms with Crippen LogP contribution in [-0.2, 0) is 10.2 Å². The van der Waals surface area contributed by atoms with E-state index in [1.807, 2.05) is 0 Å². The van der Waals surface area contributed by atoms with E-state index in [0.29, 0.717) is 22.3 Å². The average Bonchev–Trinajstić information content (AvgIpc) is 3.34. The number of likely N-dealkylation sites (tertiary alicyclic amines) is 1. The zero-order valence-electron chi connectivity index (χ0n) is 16.6. The second-order valence-electron chi connectivity index (χ2n) is 8.14. The van der Waals surface area contributed by atoms with Crippen LogP contribution in [0.15, 0.2) is 33.9 Å². The quantitative estimate of drug-likeness (QED) is 0.720. The number of nitrogens with zero attached hydrogens (tertiary/aromatic N) is 3. The van der Waals surface area contributed by atoms with Crippen LogP contribution in [0.1, 0.15) is 42.7 Å². The Morgan fingerprint density at radius 3 is 2.54 bits per heavy atom. The molecule has 1 aromatic heterocycles. The molecular formula is C21H28N4O2S. The number of aryl methyl sites for hydroxylation is 2. The normalized spacial score (nSPS) is 19.5. The third kappa shape index (κ3) is 4.75. The van der Waals surface area contributed by atoms with Crippen molar-refractivity contribution >= 4 is 17.7 Å². The number of carbonyl (C=O) groups is 1. The van der Waals surface area contributed by atoms with Crippen LogP contribution in [-0.4, -0.2) is 52.4 Å². The third-order valence-electron chi connectivity index (χ3n) is 5.83. The molecule has 2 heterocycles. The van der Waals surface area contributed by atoms with Gasteiger partial charge in [-0.25, -0.2) is 0 Å². The predicted octanol–water partition coefficient (Wildman–Crippen LogP) is 3.09. The molecule has 1 saturated heterocycles. The molecule has 2 aromatic rings. The highest BCUT2D eigenvalue weighted by Gasteiger charge is 2.45. The van der Waals surface area contributed by atoms with Crippen LogP contribution in [0.5, 0.6) is 0 Å². The summed E-state index contributed by atoms with van der Waals surface area (Å²) in [6.45, 7) is 7.13. The zero-order chi connectivity index (χ0) is 19.6. The Hall–Kier alpha value is -1.86. The second kappa shape index (κ2) is 8.25. The Balaban J connectivity index is 1.20. The van der Waals surface area contributed by atoms with Gasteiger partial charge in [0.1, 0.15) is 0 Å². The van der Waals surface area contributed by atoms with Gasteiger partial charge in [0.25, 0.3) is 5.22 Å². The summed E-state index contributed by atoms with van der Waals surface area (Å²) >= 11 is 1.29. The van der Waals surface area contributed by atoms with Gasteiger partial charge in [0, 0.05) is 38.0 Å².